The Hall–Kier alpha value is -1.71. The van der Waals surface area contributed by atoms with E-state index in [2.05, 4.69) is 12.2 Å². The fourth-order valence-corrected chi connectivity index (χ4v) is 2.30. The Morgan fingerprint density at radius 3 is 2.58 bits per heavy atom. The van der Waals surface area contributed by atoms with Gasteiger partial charge in [0.25, 0.3) is 0 Å². The monoisotopic (exact) mass is 262 g/mol. The van der Waals surface area contributed by atoms with E-state index in [4.69, 9.17) is 0 Å². The average Bonchev–Trinajstić information content (AvgIpc) is 2.41. The molecule has 1 aliphatic heterocycles. The van der Waals surface area contributed by atoms with Gasteiger partial charge in [0, 0.05) is 19.6 Å². The van der Waals surface area contributed by atoms with E-state index >= 15 is 0 Å². The van der Waals surface area contributed by atoms with Crippen LogP contribution in [0.2, 0.25) is 0 Å². The molecule has 1 aromatic carbocycles. The van der Waals surface area contributed by atoms with Gasteiger partial charge in [-0.25, -0.2) is 4.79 Å². The van der Waals surface area contributed by atoms with Gasteiger partial charge in [0.05, 0.1) is 0 Å². The van der Waals surface area contributed by atoms with Crippen LogP contribution in [-0.2, 0) is 6.42 Å². The Bertz CT molecular complexity index is 409. The average molecular weight is 262 g/mol. The van der Waals surface area contributed by atoms with Crippen LogP contribution >= 0.6 is 0 Å². The van der Waals surface area contributed by atoms with Crippen LogP contribution in [0.5, 0.6) is 5.75 Å². The lowest BCUT2D eigenvalue weighted by molar-refractivity contribution is 0.174. The number of rotatable bonds is 3. The third kappa shape index (κ3) is 4.16. The molecule has 1 fully saturated rings. The van der Waals surface area contributed by atoms with Crippen molar-refractivity contribution in [1.82, 2.24) is 10.2 Å². The first kappa shape index (κ1) is 13.7. The quantitative estimate of drug-likeness (QED) is 0.878. The number of phenolic OH excluding ortho intramolecular Hbond substituents is 1. The Morgan fingerprint density at radius 1 is 1.32 bits per heavy atom. The summed E-state index contributed by atoms with van der Waals surface area (Å²) in [5, 5.41) is 12.1. The summed E-state index contributed by atoms with van der Waals surface area (Å²) in [6.45, 7) is 4.61. The zero-order valence-electron chi connectivity index (χ0n) is 11.4. The highest BCUT2D eigenvalue weighted by Gasteiger charge is 2.19. The molecule has 2 rings (SSSR count). The van der Waals surface area contributed by atoms with Gasteiger partial charge in [-0.15, -0.1) is 0 Å². The van der Waals surface area contributed by atoms with Crippen molar-refractivity contribution in [2.45, 2.75) is 26.2 Å². The molecule has 0 atom stereocenters. The van der Waals surface area contributed by atoms with Crippen LogP contribution in [-0.4, -0.2) is 35.7 Å². The number of aromatic hydroxyl groups is 1. The molecule has 1 saturated heterocycles. The van der Waals surface area contributed by atoms with Gasteiger partial charge >= 0.3 is 6.03 Å². The number of hydrogen-bond acceptors (Lipinski definition) is 2. The molecule has 0 saturated carbocycles. The zero-order chi connectivity index (χ0) is 13.7. The molecule has 19 heavy (non-hydrogen) atoms. The van der Waals surface area contributed by atoms with Gasteiger partial charge in [-0.05, 0) is 42.9 Å². The molecular formula is C15H22N2O2. The molecule has 2 amide bonds. The predicted molar refractivity (Wildman–Crippen MR) is 75.2 cm³/mol. The molecule has 0 aliphatic carbocycles. The third-order valence-electron chi connectivity index (χ3n) is 3.70. The minimum Gasteiger partial charge on any atom is -0.508 e. The molecule has 0 radical (unpaired) electrons. The van der Waals surface area contributed by atoms with Crippen molar-refractivity contribution in [3.8, 4) is 5.75 Å². The lowest BCUT2D eigenvalue weighted by Gasteiger charge is -2.30. The van der Waals surface area contributed by atoms with E-state index in [1.807, 2.05) is 17.0 Å². The SMILES string of the molecule is CC1CCN(C(=O)NCCc2ccc(O)cc2)CC1. The number of nitrogens with one attached hydrogen (secondary N) is 1. The summed E-state index contributed by atoms with van der Waals surface area (Å²) in [7, 11) is 0. The maximum absolute atomic E-state index is 11.9. The molecule has 4 heteroatoms. The Morgan fingerprint density at radius 2 is 1.95 bits per heavy atom. The summed E-state index contributed by atoms with van der Waals surface area (Å²) in [6.07, 6.45) is 2.99. The molecule has 4 nitrogen and oxygen atoms in total. The highest BCUT2D eigenvalue weighted by Crippen LogP contribution is 2.15. The van der Waals surface area contributed by atoms with E-state index in [1.165, 1.54) is 0 Å². The summed E-state index contributed by atoms with van der Waals surface area (Å²) in [6, 6.07) is 7.14. The van der Waals surface area contributed by atoms with Crippen LogP contribution in [0, 0.1) is 5.92 Å². The van der Waals surface area contributed by atoms with Crippen molar-refractivity contribution in [3.05, 3.63) is 29.8 Å². The van der Waals surface area contributed by atoms with Crippen LogP contribution in [0.4, 0.5) is 4.79 Å². The van der Waals surface area contributed by atoms with Crippen LogP contribution in [0.1, 0.15) is 25.3 Å². The summed E-state index contributed by atoms with van der Waals surface area (Å²) in [5.74, 6) is 1.01. The second-order valence-electron chi connectivity index (χ2n) is 5.32. The van der Waals surface area contributed by atoms with Crippen molar-refractivity contribution in [2.75, 3.05) is 19.6 Å². The Balaban J connectivity index is 1.70. The highest BCUT2D eigenvalue weighted by molar-refractivity contribution is 5.74. The first-order valence-corrected chi connectivity index (χ1v) is 6.96. The van der Waals surface area contributed by atoms with Gasteiger partial charge in [-0.3, -0.25) is 0 Å². The molecule has 1 heterocycles. The lowest BCUT2D eigenvalue weighted by atomic mass is 10.00. The maximum Gasteiger partial charge on any atom is 0.317 e. The van der Waals surface area contributed by atoms with E-state index < -0.39 is 0 Å². The largest absolute Gasteiger partial charge is 0.508 e. The molecule has 1 aliphatic rings. The summed E-state index contributed by atoms with van der Waals surface area (Å²) in [5.41, 5.74) is 1.12. The second-order valence-corrected chi connectivity index (χ2v) is 5.32. The number of carbonyl (C=O) groups is 1. The van der Waals surface area contributed by atoms with E-state index in [1.54, 1.807) is 12.1 Å². The summed E-state index contributed by atoms with van der Waals surface area (Å²) in [4.78, 5) is 13.8. The minimum atomic E-state index is 0.0469. The first-order valence-electron chi connectivity index (χ1n) is 6.96. The van der Waals surface area contributed by atoms with Crippen molar-refractivity contribution in [2.24, 2.45) is 5.92 Å². The Kier molecular flexibility index (Phi) is 4.66. The zero-order valence-corrected chi connectivity index (χ0v) is 11.4. The fraction of sp³-hybridized carbons (Fsp3) is 0.533. The summed E-state index contributed by atoms with van der Waals surface area (Å²) >= 11 is 0. The molecule has 2 N–H and O–H groups in total. The van der Waals surface area contributed by atoms with E-state index in [-0.39, 0.29) is 11.8 Å². The predicted octanol–water partition coefficient (Wildman–Crippen LogP) is 2.38. The Labute approximate surface area is 114 Å². The number of likely N-dealkylation sites (tertiary alicyclic amines) is 1. The third-order valence-corrected chi connectivity index (χ3v) is 3.70. The molecular weight excluding hydrogens is 240 g/mol. The number of hydrogen-bond donors (Lipinski definition) is 2. The van der Waals surface area contributed by atoms with Gasteiger partial charge in [0.1, 0.15) is 5.75 Å². The van der Waals surface area contributed by atoms with Gasteiger partial charge < -0.3 is 15.3 Å². The van der Waals surface area contributed by atoms with Gasteiger partial charge in [-0.1, -0.05) is 19.1 Å². The van der Waals surface area contributed by atoms with Crippen LogP contribution in [0.15, 0.2) is 24.3 Å². The van der Waals surface area contributed by atoms with Crippen molar-refractivity contribution in [1.29, 1.82) is 0 Å². The number of carbonyl (C=O) groups excluding carboxylic acids is 1. The first-order chi connectivity index (χ1) is 9.15. The molecule has 0 unspecified atom stereocenters. The van der Waals surface area contributed by atoms with Crippen molar-refractivity contribution in [3.63, 3.8) is 0 Å². The van der Waals surface area contributed by atoms with Gasteiger partial charge in [0.2, 0.25) is 0 Å². The second kappa shape index (κ2) is 6.45. The normalized spacial score (nSPS) is 16.4. The standard InChI is InChI=1S/C15H22N2O2/c1-12-7-10-17(11-8-12)15(19)16-9-6-13-2-4-14(18)5-3-13/h2-5,12,18H,6-11H2,1H3,(H,16,19). The number of benzene rings is 1. The van der Waals surface area contributed by atoms with Gasteiger partial charge in [-0.2, -0.15) is 0 Å². The maximum atomic E-state index is 11.9. The molecule has 104 valence electrons. The highest BCUT2D eigenvalue weighted by atomic mass is 16.3. The number of nitrogens with zero attached hydrogens (tertiary/aromatic N) is 1. The topological polar surface area (TPSA) is 52.6 Å². The number of piperidine rings is 1. The van der Waals surface area contributed by atoms with Crippen LogP contribution in [0.25, 0.3) is 0 Å². The van der Waals surface area contributed by atoms with Crippen LogP contribution < -0.4 is 5.32 Å². The molecule has 0 bridgehead atoms. The van der Waals surface area contributed by atoms with Crippen LogP contribution in [0.3, 0.4) is 0 Å². The molecule has 0 aromatic heterocycles. The number of amides is 2. The van der Waals surface area contributed by atoms with E-state index in [9.17, 15) is 9.90 Å². The lowest BCUT2D eigenvalue weighted by Crippen LogP contribution is -2.44. The fourth-order valence-electron chi connectivity index (χ4n) is 2.30. The minimum absolute atomic E-state index is 0.0469. The van der Waals surface area contributed by atoms with E-state index in [0.29, 0.717) is 6.54 Å². The number of urea groups is 1. The smallest absolute Gasteiger partial charge is 0.317 e. The summed E-state index contributed by atoms with van der Waals surface area (Å²) < 4.78 is 0. The number of phenols is 1. The molecule has 0 spiro atoms. The van der Waals surface area contributed by atoms with Crippen molar-refractivity contribution < 1.29 is 9.90 Å². The van der Waals surface area contributed by atoms with Gasteiger partial charge in [0.15, 0.2) is 0 Å². The molecule has 1 aromatic rings. The van der Waals surface area contributed by atoms with Crippen molar-refractivity contribution >= 4 is 6.03 Å². The van der Waals surface area contributed by atoms with E-state index in [0.717, 1.165) is 43.8 Å².